The predicted octanol–water partition coefficient (Wildman–Crippen LogP) is 2.09. The molecule has 0 bridgehead atoms. The molecule has 3 rings (SSSR count). The van der Waals surface area contributed by atoms with Gasteiger partial charge in [0.1, 0.15) is 4.88 Å². The van der Waals surface area contributed by atoms with E-state index in [1.165, 1.54) is 11.3 Å². The van der Waals surface area contributed by atoms with Gasteiger partial charge in [-0.2, -0.15) is 15.0 Å². The highest BCUT2D eigenvalue weighted by Crippen LogP contribution is 2.25. The molecule has 7 nitrogen and oxygen atoms in total. The number of anilines is 2. The first kappa shape index (κ1) is 15.2. The van der Waals surface area contributed by atoms with E-state index in [2.05, 4.69) is 15.0 Å². The van der Waals surface area contributed by atoms with Crippen molar-refractivity contribution in [2.45, 2.75) is 6.61 Å². The summed E-state index contributed by atoms with van der Waals surface area (Å²) in [4.78, 5) is 26.6. The second-order valence-electron chi connectivity index (χ2n) is 5.03. The molecule has 0 aliphatic carbocycles. The van der Waals surface area contributed by atoms with Crippen LogP contribution in [-0.4, -0.2) is 35.0 Å². The van der Waals surface area contributed by atoms with Crippen LogP contribution in [0.1, 0.15) is 15.5 Å². The van der Waals surface area contributed by atoms with Crippen molar-refractivity contribution in [2.75, 3.05) is 24.7 Å². The van der Waals surface area contributed by atoms with Crippen molar-refractivity contribution in [1.29, 1.82) is 0 Å². The molecular weight excluding hydrogens is 314 g/mol. The highest BCUT2D eigenvalue weighted by Gasteiger charge is 2.13. The average molecular weight is 329 g/mol. The number of benzene rings is 1. The Hall–Kier alpha value is -2.74. The fraction of sp³-hybridized carbons (Fsp3) is 0.200. The maximum atomic E-state index is 12.2. The van der Waals surface area contributed by atoms with Crippen molar-refractivity contribution >= 4 is 39.3 Å². The predicted molar refractivity (Wildman–Crippen MR) is 89.5 cm³/mol. The van der Waals surface area contributed by atoms with Crippen molar-refractivity contribution in [2.24, 2.45) is 0 Å². The first-order valence-corrected chi connectivity index (χ1v) is 7.68. The van der Waals surface area contributed by atoms with Crippen LogP contribution >= 0.6 is 11.3 Å². The third-order valence-electron chi connectivity index (χ3n) is 3.05. The number of thiophene rings is 1. The maximum absolute atomic E-state index is 12.2. The molecule has 0 spiro atoms. The summed E-state index contributed by atoms with van der Waals surface area (Å²) in [6.07, 6.45) is 0. The lowest BCUT2D eigenvalue weighted by molar-refractivity contribution is 0.0468. The zero-order valence-electron chi connectivity index (χ0n) is 12.7. The van der Waals surface area contributed by atoms with Crippen LogP contribution in [0.4, 0.5) is 11.9 Å². The average Bonchev–Trinajstić information content (AvgIpc) is 2.96. The number of ether oxygens (including phenoxy) is 1. The Balaban J connectivity index is 1.73. The minimum absolute atomic E-state index is 0.0549. The third-order valence-corrected chi connectivity index (χ3v) is 4.14. The quantitative estimate of drug-likeness (QED) is 0.732. The van der Waals surface area contributed by atoms with E-state index in [1.807, 2.05) is 30.3 Å². The molecule has 2 N–H and O–H groups in total. The lowest BCUT2D eigenvalue weighted by Gasteiger charge is -2.11. The molecule has 0 saturated carbocycles. The van der Waals surface area contributed by atoms with Crippen LogP contribution < -0.4 is 10.6 Å². The smallest absolute Gasteiger partial charge is 0.348 e. The van der Waals surface area contributed by atoms with Gasteiger partial charge in [0.15, 0.2) is 12.4 Å². The summed E-state index contributed by atoms with van der Waals surface area (Å²) in [5, 5.41) is 1.02. The maximum Gasteiger partial charge on any atom is 0.348 e. The highest BCUT2D eigenvalue weighted by molar-refractivity contribution is 7.20. The lowest BCUT2D eigenvalue weighted by Crippen LogP contribution is -2.17. The van der Waals surface area contributed by atoms with Gasteiger partial charge in [-0.3, -0.25) is 0 Å². The SMILES string of the molecule is CN(C)c1nc(N)nc(COC(=O)c2cc3ccccc3s2)n1. The number of aromatic nitrogens is 3. The van der Waals surface area contributed by atoms with E-state index in [4.69, 9.17) is 10.5 Å². The molecule has 0 aliphatic rings. The minimum Gasteiger partial charge on any atom is -0.453 e. The summed E-state index contributed by atoms with van der Waals surface area (Å²) in [5.41, 5.74) is 5.64. The zero-order chi connectivity index (χ0) is 16.4. The van der Waals surface area contributed by atoms with Gasteiger partial charge in [-0.25, -0.2) is 4.79 Å². The number of nitrogens with zero attached hydrogens (tertiary/aromatic N) is 4. The summed E-state index contributed by atoms with van der Waals surface area (Å²) < 4.78 is 6.32. The van der Waals surface area contributed by atoms with E-state index in [0.717, 1.165) is 10.1 Å². The molecule has 2 heterocycles. The van der Waals surface area contributed by atoms with Crippen LogP contribution in [0.2, 0.25) is 0 Å². The van der Waals surface area contributed by atoms with Crippen LogP contribution in [-0.2, 0) is 11.3 Å². The van der Waals surface area contributed by atoms with Crippen LogP contribution in [0.15, 0.2) is 30.3 Å². The normalized spacial score (nSPS) is 10.7. The Labute approximate surface area is 136 Å². The van der Waals surface area contributed by atoms with Crippen molar-refractivity contribution in [3.8, 4) is 0 Å². The summed E-state index contributed by atoms with van der Waals surface area (Å²) in [6, 6.07) is 9.60. The van der Waals surface area contributed by atoms with Gasteiger partial charge in [0, 0.05) is 18.8 Å². The second-order valence-corrected chi connectivity index (χ2v) is 6.11. The van der Waals surface area contributed by atoms with Gasteiger partial charge < -0.3 is 15.4 Å². The number of rotatable bonds is 4. The molecule has 118 valence electrons. The molecule has 0 aliphatic heterocycles. The number of carbonyl (C=O) groups excluding carboxylic acids is 1. The van der Waals surface area contributed by atoms with Gasteiger partial charge in [-0.15, -0.1) is 11.3 Å². The topological polar surface area (TPSA) is 94.2 Å². The van der Waals surface area contributed by atoms with Crippen molar-refractivity contribution in [3.63, 3.8) is 0 Å². The molecule has 0 saturated heterocycles. The van der Waals surface area contributed by atoms with Crippen LogP contribution in [0.5, 0.6) is 0 Å². The second kappa shape index (κ2) is 6.17. The first-order valence-electron chi connectivity index (χ1n) is 6.86. The van der Waals surface area contributed by atoms with Gasteiger partial charge >= 0.3 is 5.97 Å². The molecule has 3 aromatic rings. The first-order chi connectivity index (χ1) is 11.0. The Morgan fingerprint density at radius 1 is 1.26 bits per heavy atom. The largest absolute Gasteiger partial charge is 0.453 e. The van der Waals surface area contributed by atoms with Crippen LogP contribution in [0.25, 0.3) is 10.1 Å². The van der Waals surface area contributed by atoms with Crippen LogP contribution in [0, 0.1) is 0 Å². The monoisotopic (exact) mass is 329 g/mol. The number of nitrogens with two attached hydrogens (primary N) is 1. The van der Waals surface area contributed by atoms with E-state index in [9.17, 15) is 4.79 Å². The van der Waals surface area contributed by atoms with Crippen molar-refractivity contribution < 1.29 is 9.53 Å². The molecule has 23 heavy (non-hydrogen) atoms. The van der Waals surface area contributed by atoms with Gasteiger partial charge in [-0.1, -0.05) is 18.2 Å². The molecular formula is C15H15N5O2S. The van der Waals surface area contributed by atoms with E-state index < -0.39 is 5.97 Å². The van der Waals surface area contributed by atoms with E-state index in [1.54, 1.807) is 19.0 Å². The number of esters is 1. The lowest BCUT2D eigenvalue weighted by atomic mass is 10.2. The third kappa shape index (κ3) is 3.37. The number of hydrogen-bond acceptors (Lipinski definition) is 8. The molecule has 0 atom stereocenters. The van der Waals surface area contributed by atoms with E-state index in [0.29, 0.717) is 16.6 Å². The summed E-state index contributed by atoms with van der Waals surface area (Å²) in [6.45, 7) is -0.0549. The fourth-order valence-corrected chi connectivity index (χ4v) is 2.93. The molecule has 2 aromatic heterocycles. The molecule has 8 heteroatoms. The fourth-order valence-electron chi connectivity index (χ4n) is 1.97. The summed E-state index contributed by atoms with van der Waals surface area (Å²) in [7, 11) is 3.59. The van der Waals surface area contributed by atoms with E-state index in [-0.39, 0.29) is 12.6 Å². The standard InChI is InChI=1S/C15H15N5O2S/c1-20(2)15-18-12(17-14(16)19-15)8-22-13(21)11-7-9-5-3-4-6-10(9)23-11/h3-7H,8H2,1-2H3,(H2,16,17,18,19). The number of fused-ring (bicyclic) bond motifs is 1. The molecule has 0 unspecified atom stereocenters. The Kier molecular flexibility index (Phi) is 4.07. The van der Waals surface area contributed by atoms with Crippen molar-refractivity contribution in [1.82, 2.24) is 15.0 Å². The van der Waals surface area contributed by atoms with Gasteiger partial charge in [0.2, 0.25) is 11.9 Å². The van der Waals surface area contributed by atoms with Crippen LogP contribution in [0.3, 0.4) is 0 Å². The van der Waals surface area contributed by atoms with Gasteiger partial charge in [0.05, 0.1) is 0 Å². The van der Waals surface area contributed by atoms with Gasteiger partial charge in [-0.05, 0) is 17.5 Å². The Bertz CT molecular complexity index is 829. The zero-order valence-corrected chi connectivity index (χ0v) is 13.5. The van der Waals surface area contributed by atoms with Gasteiger partial charge in [0.25, 0.3) is 0 Å². The number of nitrogen functional groups attached to an aromatic ring is 1. The number of carbonyl (C=O) groups is 1. The molecule has 0 amide bonds. The molecule has 1 aromatic carbocycles. The van der Waals surface area contributed by atoms with Crippen molar-refractivity contribution in [3.05, 3.63) is 41.0 Å². The van der Waals surface area contributed by atoms with E-state index >= 15 is 0 Å². The molecule has 0 radical (unpaired) electrons. The minimum atomic E-state index is -0.406. The highest BCUT2D eigenvalue weighted by atomic mass is 32.1. The molecule has 0 fully saturated rings. The summed E-state index contributed by atoms with van der Waals surface area (Å²) >= 11 is 1.39. The number of hydrogen-bond donors (Lipinski definition) is 1. The Morgan fingerprint density at radius 2 is 2.04 bits per heavy atom. The summed E-state index contributed by atoms with van der Waals surface area (Å²) in [5.74, 6) is 0.425. The Morgan fingerprint density at radius 3 is 2.78 bits per heavy atom.